The molecule has 2 aliphatic rings. The van der Waals surface area contributed by atoms with Crippen LogP contribution < -0.4 is 0 Å². The number of halogens is 1. The lowest BCUT2D eigenvalue weighted by Crippen LogP contribution is -2.37. The highest BCUT2D eigenvalue weighted by Crippen LogP contribution is 2.39. The third kappa shape index (κ3) is 3.46. The molecule has 3 aromatic rings. The fourth-order valence-corrected chi connectivity index (χ4v) is 5.19. The van der Waals surface area contributed by atoms with E-state index in [0.717, 1.165) is 24.1 Å². The molecule has 29 heavy (non-hydrogen) atoms. The maximum atomic E-state index is 13.1. The molecule has 1 fully saturated rings. The molecule has 0 unspecified atom stereocenters. The van der Waals surface area contributed by atoms with E-state index in [2.05, 4.69) is 15.2 Å². The summed E-state index contributed by atoms with van der Waals surface area (Å²) in [6.07, 6.45) is 2.68. The molecule has 1 aromatic carbocycles. The summed E-state index contributed by atoms with van der Waals surface area (Å²) in [6.45, 7) is 0.565. The zero-order chi connectivity index (χ0) is 20.2. The van der Waals surface area contributed by atoms with Gasteiger partial charge in [-0.05, 0) is 30.5 Å². The van der Waals surface area contributed by atoms with Crippen LogP contribution >= 0.6 is 0 Å². The lowest BCUT2D eigenvalue weighted by atomic mass is 10.1. The van der Waals surface area contributed by atoms with Gasteiger partial charge in [-0.25, -0.2) is 12.8 Å². The standard InChI is InChI=1S/C19H20FN5O3S/c1-24-16-8-9-25(29(26,27)11-12-2-6-14(20)7-3-12)10-15(16)17(22-24)19-21-18(23-28-19)13-4-5-13/h2-3,6-7,13H,4-5,8-11H2,1H3. The third-order valence-corrected chi connectivity index (χ3v) is 7.25. The minimum Gasteiger partial charge on any atom is -0.332 e. The average Bonchev–Trinajstić information content (AvgIpc) is 3.34. The molecule has 1 saturated carbocycles. The predicted molar refractivity (Wildman–Crippen MR) is 102 cm³/mol. The number of rotatable bonds is 5. The normalized spacial score (nSPS) is 17.4. The number of nitrogens with zero attached hydrogens (tertiary/aromatic N) is 5. The molecule has 8 nitrogen and oxygen atoms in total. The van der Waals surface area contributed by atoms with Gasteiger partial charge < -0.3 is 4.52 Å². The molecular formula is C19H20FN5O3S. The maximum absolute atomic E-state index is 13.1. The highest BCUT2D eigenvalue weighted by Gasteiger charge is 2.34. The van der Waals surface area contributed by atoms with Crippen LogP contribution in [-0.4, -0.2) is 39.2 Å². The van der Waals surface area contributed by atoms with Crippen molar-refractivity contribution in [1.82, 2.24) is 24.2 Å². The van der Waals surface area contributed by atoms with Gasteiger partial charge >= 0.3 is 0 Å². The number of hydrogen-bond acceptors (Lipinski definition) is 6. The number of fused-ring (bicyclic) bond motifs is 1. The van der Waals surface area contributed by atoms with Gasteiger partial charge in [0, 0.05) is 43.7 Å². The first-order valence-electron chi connectivity index (χ1n) is 9.52. The summed E-state index contributed by atoms with van der Waals surface area (Å²) in [7, 11) is -1.74. The van der Waals surface area contributed by atoms with Crippen LogP contribution in [-0.2, 0) is 35.8 Å². The zero-order valence-corrected chi connectivity index (χ0v) is 16.7. The van der Waals surface area contributed by atoms with Crippen LogP contribution in [0.3, 0.4) is 0 Å². The van der Waals surface area contributed by atoms with Gasteiger partial charge in [0.25, 0.3) is 5.89 Å². The van der Waals surface area contributed by atoms with Gasteiger partial charge in [0.15, 0.2) is 11.5 Å². The van der Waals surface area contributed by atoms with Crippen LogP contribution in [0.1, 0.15) is 41.4 Å². The number of sulfonamides is 1. The van der Waals surface area contributed by atoms with Gasteiger partial charge in [0.05, 0.1) is 5.75 Å². The monoisotopic (exact) mass is 417 g/mol. The van der Waals surface area contributed by atoms with Gasteiger partial charge in [0.2, 0.25) is 10.0 Å². The smallest absolute Gasteiger partial charge is 0.278 e. The Morgan fingerprint density at radius 3 is 2.72 bits per heavy atom. The van der Waals surface area contributed by atoms with Crippen molar-refractivity contribution < 1.29 is 17.3 Å². The van der Waals surface area contributed by atoms with Crippen LogP contribution in [0, 0.1) is 5.82 Å². The Morgan fingerprint density at radius 2 is 2.00 bits per heavy atom. The molecule has 0 bridgehead atoms. The molecule has 0 N–H and O–H groups in total. The predicted octanol–water partition coefficient (Wildman–Crippen LogP) is 2.37. The van der Waals surface area contributed by atoms with Crippen LogP contribution in [0.4, 0.5) is 4.39 Å². The van der Waals surface area contributed by atoms with Gasteiger partial charge in [-0.3, -0.25) is 4.68 Å². The van der Waals surface area contributed by atoms with Crippen molar-refractivity contribution in [3.63, 3.8) is 0 Å². The second kappa shape index (κ2) is 6.74. The zero-order valence-electron chi connectivity index (χ0n) is 15.9. The lowest BCUT2D eigenvalue weighted by Gasteiger charge is -2.26. The largest absolute Gasteiger partial charge is 0.332 e. The minimum absolute atomic E-state index is 0.176. The molecule has 2 aromatic heterocycles. The molecule has 1 aliphatic heterocycles. The summed E-state index contributed by atoms with van der Waals surface area (Å²) in [5.41, 5.74) is 2.87. The van der Waals surface area contributed by atoms with Crippen LogP contribution in [0.25, 0.3) is 11.6 Å². The average molecular weight is 417 g/mol. The van der Waals surface area contributed by atoms with Crippen molar-refractivity contribution in [3.05, 3.63) is 52.7 Å². The summed E-state index contributed by atoms with van der Waals surface area (Å²) in [5.74, 6) is 0.820. The van der Waals surface area contributed by atoms with Gasteiger partial charge in [-0.2, -0.15) is 14.4 Å². The van der Waals surface area contributed by atoms with E-state index in [-0.39, 0.29) is 18.1 Å². The van der Waals surface area contributed by atoms with E-state index in [1.165, 1.54) is 28.6 Å². The summed E-state index contributed by atoms with van der Waals surface area (Å²) in [5, 5.41) is 8.57. The Hall–Kier alpha value is -2.59. The van der Waals surface area contributed by atoms with E-state index >= 15 is 0 Å². The molecule has 1 aliphatic carbocycles. The lowest BCUT2D eigenvalue weighted by molar-refractivity contribution is 0.384. The Bertz CT molecular complexity index is 1170. The molecule has 0 atom stereocenters. The topological polar surface area (TPSA) is 94.1 Å². The first kappa shape index (κ1) is 18.4. The second-order valence-corrected chi connectivity index (χ2v) is 9.56. The van der Waals surface area contributed by atoms with Gasteiger partial charge in [-0.1, -0.05) is 17.3 Å². The Balaban J connectivity index is 1.42. The SMILES string of the molecule is Cn1nc(-c2nc(C3CC3)no2)c2c1CCN(S(=O)(=O)Cc1ccc(F)cc1)C2. The van der Waals surface area contributed by atoms with Crippen molar-refractivity contribution in [1.29, 1.82) is 0 Å². The van der Waals surface area contributed by atoms with E-state index in [1.54, 1.807) is 4.68 Å². The third-order valence-electron chi connectivity index (χ3n) is 5.45. The van der Waals surface area contributed by atoms with Crippen molar-refractivity contribution in [2.24, 2.45) is 7.05 Å². The summed E-state index contributed by atoms with van der Waals surface area (Å²) in [6, 6.07) is 5.53. The van der Waals surface area contributed by atoms with E-state index in [0.29, 0.717) is 41.9 Å². The second-order valence-electron chi connectivity index (χ2n) is 7.60. The van der Waals surface area contributed by atoms with Crippen LogP contribution in [0.15, 0.2) is 28.8 Å². The van der Waals surface area contributed by atoms with E-state index < -0.39 is 10.0 Å². The molecular weight excluding hydrogens is 397 g/mol. The quantitative estimate of drug-likeness (QED) is 0.633. The highest BCUT2D eigenvalue weighted by molar-refractivity contribution is 7.88. The molecule has 152 valence electrons. The van der Waals surface area contributed by atoms with Crippen LogP contribution in [0.5, 0.6) is 0 Å². The van der Waals surface area contributed by atoms with Gasteiger partial charge in [-0.15, -0.1) is 0 Å². The van der Waals surface area contributed by atoms with Gasteiger partial charge in [0.1, 0.15) is 5.82 Å². The molecule has 0 saturated heterocycles. The number of aromatic nitrogens is 4. The van der Waals surface area contributed by atoms with E-state index in [1.807, 2.05) is 7.05 Å². The maximum Gasteiger partial charge on any atom is 0.278 e. The summed E-state index contributed by atoms with van der Waals surface area (Å²) >= 11 is 0. The first-order valence-corrected chi connectivity index (χ1v) is 11.1. The molecule has 0 amide bonds. The van der Waals surface area contributed by atoms with Crippen LogP contribution in [0.2, 0.25) is 0 Å². The number of benzene rings is 1. The molecule has 0 spiro atoms. The first-order chi connectivity index (χ1) is 13.9. The minimum atomic E-state index is -3.57. The number of aryl methyl sites for hydroxylation is 1. The molecule has 10 heteroatoms. The molecule has 3 heterocycles. The summed E-state index contributed by atoms with van der Waals surface area (Å²) < 4.78 is 47.7. The van der Waals surface area contributed by atoms with Crippen molar-refractivity contribution in [2.75, 3.05) is 6.54 Å². The Morgan fingerprint density at radius 1 is 1.24 bits per heavy atom. The van der Waals surface area contributed by atoms with E-state index in [4.69, 9.17) is 4.52 Å². The molecule has 5 rings (SSSR count). The van der Waals surface area contributed by atoms with Crippen molar-refractivity contribution in [2.45, 2.75) is 37.5 Å². The Labute approximate surface area is 167 Å². The fourth-order valence-electron chi connectivity index (χ4n) is 3.70. The van der Waals surface area contributed by atoms with E-state index in [9.17, 15) is 12.8 Å². The Kier molecular flexibility index (Phi) is 4.28. The molecule has 0 radical (unpaired) electrons. The highest BCUT2D eigenvalue weighted by atomic mass is 32.2. The number of hydrogen-bond donors (Lipinski definition) is 0. The fraction of sp³-hybridized carbons (Fsp3) is 0.421. The summed E-state index contributed by atoms with van der Waals surface area (Å²) in [4.78, 5) is 4.47. The van der Waals surface area contributed by atoms with Crippen molar-refractivity contribution >= 4 is 10.0 Å². The van der Waals surface area contributed by atoms with Crippen molar-refractivity contribution in [3.8, 4) is 11.6 Å².